The van der Waals surface area contributed by atoms with E-state index in [0.717, 1.165) is 42.7 Å². The van der Waals surface area contributed by atoms with Gasteiger partial charge in [0.1, 0.15) is 5.75 Å². The standard InChI is InChI=1S/C22H29N3O3/c1-23-21(27)19-12-25(17-4-2-3-5-18(17)28-19)13-20(26)24-22-9-14-6-15(10-22)8-16(7-14)11-22/h2-5,14-16,19H,6-13H2,1H3,(H,23,27)(H,24,26)/t14?,15?,16?,19-,22?/m1/s1. The zero-order chi connectivity index (χ0) is 19.3. The van der Waals surface area contributed by atoms with Gasteiger partial charge in [-0.25, -0.2) is 0 Å². The number of nitrogens with zero attached hydrogens (tertiary/aromatic N) is 1. The Morgan fingerprint density at radius 1 is 1.11 bits per heavy atom. The number of fused-ring (bicyclic) bond motifs is 1. The maximum absolute atomic E-state index is 13.1. The Morgan fingerprint density at radius 3 is 2.39 bits per heavy atom. The van der Waals surface area contributed by atoms with E-state index in [-0.39, 0.29) is 23.9 Å². The first kappa shape index (κ1) is 17.8. The summed E-state index contributed by atoms with van der Waals surface area (Å²) in [6.07, 6.45) is 6.91. The van der Waals surface area contributed by atoms with Gasteiger partial charge in [0.25, 0.3) is 5.91 Å². The Labute approximate surface area is 166 Å². The van der Waals surface area contributed by atoms with Crippen molar-refractivity contribution >= 4 is 17.5 Å². The van der Waals surface area contributed by atoms with Gasteiger partial charge in [0, 0.05) is 12.6 Å². The highest BCUT2D eigenvalue weighted by Crippen LogP contribution is 2.55. The van der Waals surface area contributed by atoms with Crippen molar-refractivity contribution in [3.8, 4) is 5.75 Å². The molecule has 2 amide bonds. The highest BCUT2D eigenvalue weighted by atomic mass is 16.5. The smallest absolute Gasteiger partial charge is 0.262 e. The second-order valence-electron chi connectivity index (χ2n) is 9.32. The Hall–Kier alpha value is -2.24. The summed E-state index contributed by atoms with van der Waals surface area (Å²) in [4.78, 5) is 27.2. The topological polar surface area (TPSA) is 70.7 Å². The third-order valence-corrected chi connectivity index (χ3v) is 7.18. The summed E-state index contributed by atoms with van der Waals surface area (Å²) in [5, 5.41) is 6.09. The molecule has 0 aromatic heterocycles. The number of hydrogen-bond acceptors (Lipinski definition) is 4. The average Bonchev–Trinajstić information content (AvgIpc) is 2.65. The van der Waals surface area contributed by atoms with Crippen LogP contribution in [0.4, 0.5) is 5.69 Å². The molecule has 6 nitrogen and oxygen atoms in total. The molecule has 4 bridgehead atoms. The normalized spacial score (nSPS) is 35.1. The van der Waals surface area contributed by atoms with E-state index in [2.05, 4.69) is 10.6 Å². The predicted molar refractivity (Wildman–Crippen MR) is 106 cm³/mol. The molecular weight excluding hydrogens is 354 g/mol. The second-order valence-corrected chi connectivity index (χ2v) is 9.32. The van der Waals surface area contributed by atoms with Gasteiger partial charge in [-0.2, -0.15) is 0 Å². The number of carbonyl (C=O) groups excluding carboxylic acids is 2. The molecule has 1 aromatic carbocycles. The van der Waals surface area contributed by atoms with E-state index < -0.39 is 6.10 Å². The highest BCUT2D eigenvalue weighted by Gasteiger charge is 2.51. The molecule has 4 fully saturated rings. The van der Waals surface area contributed by atoms with Crippen molar-refractivity contribution in [1.82, 2.24) is 10.6 Å². The van der Waals surface area contributed by atoms with Crippen LogP contribution in [0.5, 0.6) is 5.75 Å². The predicted octanol–water partition coefficient (Wildman–Crippen LogP) is 2.08. The van der Waals surface area contributed by atoms with E-state index in [1.54, 1.807) is 7.05 Å². The van der Waals surface area contributed by atoms with Gasteiger partial charge < -0.3 is 20.3 Å². The molecule has 28 heavy (non-hydrogen) atoms. The van der Waals surface area contributed by atoms with Crippen LogP contribution in [0.15, 0.2) is 24.3 Å². The lowest BCUT2D eigenvalue weighted by Crippen LogP contribution is -2.61. The number of benzene rings is 1. The van der Waals surface area contributed by atoms with Crippen LogP contribution < -0.4 is 20.3 Å². The summed E-state index contributed by atoms with van der Waals surface area (Å²) in [7, 11) is 1.61. The van der Waals surface area contributed by atoms with Crippen molar-refractivity contribution in [1.29, 1.82) is 0 Å². The number of ether oxygens (including phenoxy) is 1. The molecule has 1 aliphatic heterocycles. The molecule has 5 aliphatic rings. The molecule has 6 heteroatoms. The molecule has 0 radical (unpaired) electrons. The molecule has 1 atom stereocenters. The minimum atomic E-state index is -0.604. The average molecular weight is 383 g/mol. The van der Waals surface area contributed by atoms with Crippen molar-refractivity contribution in [3.63, 3.8) is 0 Å². The van der Waals surface area contributed by atoms with Crippen LogP contribution in [-0.2, 0) is 9.59 Å². The summed E-state index contributed by atoms with van der Waals surface area (Å²) in [6, 6.07) is 7.63. The Bertz CT molecular complexity index is 758. The summed E-state index contributed by atoms with van der Waals surface area (Å²) in [5.41, 5.74) is 0.890. The highest BCUT2D eigenvalue weighted by molar-refractivity contribution is 5.86. The monoisotopic (exact) mass is 383 g/mol. The van der Waals surface area contributed by atoms with E-state index in [0.29, 0.717) is 12.3 Å². The molecule has 1 heterocycles. The van der Waals surface area contributed by atoms with Crippen LogP contribution in [0.25, 0.3) is 0 Å². The largest absolute Gasteiger partial charge is 0.477 e. The van der Waals surface area contributed by atoms with Crippen LogP contribution in [-0.4, -0.2) is 43.6 Å². The number of anilines is 1. The summed E-state index contributed by atoms with van der Waals surface area (Å²) in [5.74, 6) is 2.95. The summed E-state index contributed by atoms with van der Waals surface area (Å²) < 4.78 is 5.85. The van der Waals surface area contributed by atoms with Gasteiger partial charge in [-0.3, -0.25) is 9.59 Å². The summed E-state index contributed by atoms with van der Waals surface area (Å²) in [6.45, 7) is 0.639. The van der Waals surface area contributed by atoms with Crippen LogP contribution in [0.3, 0.4) is 0 Å². The lowest BCUT2D eigenvalue weighted by Gasteiger charge is -2.57. The van der Waals surface area contributed by atoms with Gasteiger partial charge in [0.05, 0.1) is 18.8 Å². The van der Waals surface area contributed by atoms with Gasteiger partial charge in [0.15, 0.2) is 6.10 Å². The molecule has 150 valence electrons. The first-order valence-corrected chi connectivity index (χ1v) is 10.6. The first-order valence-electron chi connectivity index (χ1n) is 10.6. The molecule has 0 spiro atoms. The molecular formula is C22H29N3O3. The van der Waals surface area contributed by atoms with Crippen LogP contribution in [0, 0.1) is 17.8 Å². The molecule has 4 saturated carbocycles. The minimum absolute atomic E-state index is 0.0117. The lowest BCUT2D eigenvalue weighted by atomic mass is 9.53. The molecule has 4 aliphatic carbocycles. The van der Waals surface area contributed by atoms with E-state index in [1.165, 1.54) is 19.3 Å². The Morgan fingerprint density at radius 2 is 1.75 bits per heavy atom. The first-order chi connectivity index (χ1) is 13.5. The summed E-state index contributed by atoms with van der Waals surface area (Å²) >= 11 is 0. The number of likely N-dealkylation sites (N-methyl/N-ethyl adjacent to an activating group) is 1. The van der Waals surface area contributed by atoms with Gasteiger partial charge in [-0.05, 0) is 68.4 Å². The second kappa shape index (κ2) is 6.68. The van der Waals surface area contributed by atoms with Crippen LogP contribution in [0.2, 0.25) is 0 Å². The zero-order valence-corrected chi connectivity index (χ0v) is 16.4. The maximum Gasteiger partial charge on any atom is 0.262 e. The fourth-order valence-corrected chi connectivity index (χ4v) is 6.53. The number of para-hydroxylation sites is 2. The fraction of sp³-hybridized carbons (Fsp3) is 0.636. The van der Waals surface area contributed by atoms with Gasteiger partial charge in [0.2, 0.25) is 5.91 Å². The molecule has 0 unspecified atom stereocenters. The van der Waals surface area contributed by atoms with Crippen molar-refractivity contribution in [3.05, 3.63) is 24.3 Å². The third-order valence-electron chi connectivity index (χ3n) is 7.18. The van der Waals surface area contributed by atoms with Crippen molar-refractivity contribution < 1.29 is 14.3 Å². The van der Waals surface area contributed by atoms with E-state index in [9.17, 15) is 9.59 Å². The molecule has 1 aromatic rings. The van der Waals surface area contributed by atoms with E-state index in [1.807, 2.05) is 29.2 Å². The number of rotatable bonds is 4. The lowest BCUT2D eigenvalue weighted by molar-refractivity contribution is -0.128. The van der Waals surface area contributed by atoms with Crippen molar-refractivity contribution in [2.75, 3.05) is 25.0 Å². The van der Waals surface area contributed by atoms with Gasteiger partial charge >= 0.3 is 0 Å². The van der Waals surface area contributed by atoms with Crippen molar-refractivity contribution in [2.45, 2.75) is 50.2 Å². The van der Waals surface area contributed by atoms with E-state index >= 15 is 0 Å². The quantitative estimate of drug-likeness (QED) is 0.835. The SMILES string of the molecule is CNC(=O)[C@H]1CN(CC(=O)NC23CC4CC(CC(C4)C2)C3)c2ccccc2O1. The molecule has 2 N–H and O–H groups in total. The number of amides is 2. The van der Waals surface area contributed by atoms with Gasteiger partial charge in [-0.15, -0.1) is 0 Å². The number of nitrogens with one attached hydrogen (secondary N) is 2. The van der Waals surface area contributed by atoms with Crippen molar-refractivity contribution in [2.24, 2.45) is 17.8 Å². The van der Waals surface area contributed by atoms with E-state index in [4.69, 9.17) is 4.74 Å². The Kier molecular flexibility index (Phi) is 4.25. The third kappa shape index (κ3) is 3.12. The van der Waals surface area contributed by atoms with Crippen LogP contribution >= 0.6 is 0 Å². The maximum atomic E-state index is 13.1. The minimum Gasteiger partial charge on any atom is -0.477 e. The molecule has 6 rings (SSSR count). The van der Waals surface area contributed by atoms with Gasteiger partial charge in [-0.1, -0.05) is 12.1 Å². The molecule has 0 saturated heterocycles. The number of carbonyl (C=O) groups is 2. The van der Waals surface area contributed by atoms with Crippen LogP contribution in [0.1, 0.15) is 38.5 Å². The number of hydrogen-bond donors (Lipinski definition) is 2. The Balaban J connectivity index is 1.31. The zero-order valence-electron chi connectivity index (χ0n) is 16.4. The fourth-order valence-electron chi connectivity index (χ4n) is 6.53.